The third-order valence-electron chi connectivity index (χ3n) is 4.99. The van der Waals surface area contributed by atoms with Gasteiger partial charge in [0.25, 0.3) is 5.91 Å². The molecule has 2 heterocycles. The Hall–Kier alpha value is -2.68. The van der Waals surface area contributed by atoms with E-state index in [0.29, 0.717) is 0 Å². The summed E-state index contributed by atoms with van der Waals surface area (Å²) >= 11 is 0. The lowest BCUT2D eigenvalue weighted by molar-refractivity contribution is 0.0727. The Bertz CT molecular complexity index is 912. The highest BCUT2D eigenvalue weighted by Gasteiger charge is 2.25. The number of nitrogens with zero attached hydrogens (tertiary/aromatic N) is 2. The molecular formula is C22H22N2O. The van der Waals surface area contributed by atoms with Crippen molar-refractivity contribution in [3.05, 3.63) is 65.9 Å². The van der Waals surface area contributed by atoms with E-state index in [-0.39, 0.29) is 5.91 Å². The number of para-hydroxylation sites is 1. The maximum Gasteiger partial charge on any atom is 0.255 e. The van der Waals surface area contributed by atoms with Gasteiger partial charge in [-0.2, -0.15) is 0 Å². The van der Waals surface area contributed by atoms with E-state index in [1.807, 2.05) is 54.3 Å². The molecule has 1 aromatic heterocycles. The number of rotatable bonds is 2. The van der Waals surface area contributed by atoms with Gasteiger partial charge in [0.1, 0.15) is 0 Å². The summed E-state index contributed by atoms with van der Waals surface area (Å²) in [6, 6.07) is 18.1. The number of benzene rings is 2. The Labute approximate surface area is 148 Å². The zero-order valence-corrected chi connectivity index (χ0v) is 14.5. The molecule has 0 unspecified atom stereocenters. The number of hydrogen-bond acceptors (Lipinski definition) is 2. The fraction of sp³-hybridized carbons (Fsp3) is 0.273. The van der Waals surface area contributed by atoms with Crippen molar-refractivity contribution in [2.24, 2.45) is 0 Å². The van der Waals surface area contributed by atoms with Crippen molar-refractivity contribution in [3.63, 3.8) is 0 Å². The molecule has 25 heavy (non-hydrogen) atoms. The van der Waals surface area contributed by atoms with Crippen LogP contribution in [0.4, 0.5) is 0 Å². The van der Waals surface area contributed by atoms with E-state index < -0.39 is 0 Å². The van der Waals surface area contributed by atoms with Crippen LogP contribution < -0.4 is 0 Å². The average molecular weight is 330 g/mol. The maximum absolute atomic E-state index is 13.5. The molecule has 0 N–H and O–H groups in total. The van der Waals surface area contributed by atoms with Crippen LogP contribution >= 0.6 is 0 Å². The number of likely N-dealkylation sites (tertiary alicyclic amines) is 1. The van der Waals surface area contributed by atoms with Crippen molar-refractivity contribution in [1.82, 2.24) is 9.88 Å². The van der Waals surface area contributed by atoms with Gasteiger partial charge in [-0.1, -0.05) is 48.5 Å². The number of pyridine rings is 1. The first-order chi connectivity index (χ1) is 12.3. The molecule has 0 atom stereocenters. The zero-order valence-electron chi connectivity index (χ0n) is 14.5. The smallest absolute Gasteiger partial charge is 0.255 e. The molecule has 0 aliphatic carbocycles. The number of carbonyl (C=O) groups is 1. The van der Waals surface area contributed by atoms with E-state index in [4.69, 9.17) is 4.98 Å². The molecule has 1 amide bonds. The summed E-state index contributed by atoms with van der Waals surface area (Å²) in [7, 11) is 0. The van der Waals surface area contributed by atoms with E-state index >= 15 is 0 Å². The van der Waals surface area contributed by atoms with Crippen LogP contribution in [0, 0.1) is 6.92 Å². The van der Waals surface area contributed by atoms with Crippen LogP contribution in [0.25, 0.3) is 22.0 Å². The minimum Gasteiger partial charge on any atom is -0.339 e. The van der Waals surface area contributed by atoms with E-state index in [0.717, 1.165) is 59.2 Å². The second-order valence-electron chi connectivity index (χ2n) is 6.68. The Balaban J connectivity index is 1.97. The molecule has 0 radical (unpaired) electrons. The quantitative estimate of drug-likeness (QED) is 0.674. The number of piperidine rings is 1. The van der Waals surface area contributed by atoms with Gasteiger partial charge in [0.05, 0.1) is 11.1 Å². The molecule has 1 saturated heterocycles. The fourth-order valence-electron chi connectivity index (χ4n) is 3.77. The molecule has 3 heteroatoms. The second kappa shape index (κ2) is 6.67. The highest BCUT2D eigenvalue weighted by molar-refractivity contribution is 6.12. The third-order valence-corrected chi connectivity index (χ3v) is 4.99. The molecule has 0 spiro atoms. The lowest BCUT2D eigenvalue weighted by Crippen LogP contribution is -2.36. The van der Waals surface area contributed by atoms with Gasteiger partial charge in [0, 0.05) is 29.7 Å². The Morgan fingerprint density at radius 2 is 1.60 bits per heavy atom. The Kier molecular flexibility index (Phi) is 4.22. The molecule has 1 aliphatic heterocycles. The molecule has 3 nitrogen and oxygen atoms in total. The van der Waals surface area contributed by atoms with Gasteiger partial charge in [0.15, 0.2) is 0 Å². The summed E-state index contributed by atoms with van der Waals surface area (Å²) in [6.07, 6.45) is 3.40. The molecule has 0 saturated carbocycles. The van der Waals surface area contributed by atoms with E-state index in [9.17, 15) is 4.79 Å². The molecule has 3 aromatic rings. The summed E-state index contributed by atoms with van der Waals surface area (Å²) in [5.41, 5.74) is 4.62. The SMILES string of the molecule is Cc1nc2ccccc2c(C(=O)N2CCCCC2)c1-c1ccccc1. The van der Waals surface area contributed by atoms with Crippen molar-refractivity contribution in [1.29, 1.82) is 0 Å². The second-order valence-corrected chi connectivity index (χ2v) is 6.68. The normalized spacial score (nSPS) is 14.7. The van der Waals surface area contributed by atoms with Crippen LogP contribution in [0.3, 0.4) is 0 Å². The predicted octanol–water partition coefficient (Wildman–Crippen LogP) is 4.84. The molecular weight excluding hydrogens is 308 g/mol. The molecule has 126 valence electrons. The van der Waals surface area contributed by atoms with Crippen molar-refractivity contribution in [3.8, 4) is 11.1 Å². The van der Waals surface area contributed by atoms with Crippen LogP contribution in [-0.4, -0.2) is 28.9 Å². The van der Waals surface area contributed by atoms with Gasteiger partial charge in [0.2, 0.25) is 0 Å². The maximum atomic E-state index is 13.5. The van der Waals surface area contributed by atoms with Crippen LogP contribution in [-0.2, 0) is 0 Å². The van der Waals surface area contributed by atoms with Crippen LogP contribution in [0.1, 0.15) is 35.3 Å². The molecule has 0 bridgehead atoms. The molecule has 1 aliphatic rings. The number of carbonyl (C=O) groups excluding carboxylic acids is 1. The summed E-state index contributed by atoms with van der Waals surface area (Å²) in [5, 5.41) is 0.947. The Morgan fingerprint density at radius 1 is 0.920 bits per heavy atom. The summed E-state index contributed by atoms with van der Waals surface area (Å²) in [5.74, 6) is 0.139. The largest absolute Gasteiger partial charge is 0.339 e. The van der Waals surface area contributed by atoms with Crippen molar-refractivity contribution in [2.45, 2.75) is 26.2 Å². The number of aryl methyl sites for hydroxylation is 1. The minimum absolute atomic E-state index is 0.139. The standard InChI is InChI=1S/C22H22N2O/c1-16-20(17-10-4-2-5-11-17)21(18-12-6-7-13-19(18)23-16)22(25)24-14-8-3-9-15-24/h2,4-7,10-13H,3,8-9,14-15H2,1H3. The zero-order chi connectivity index (χ0) is 17.2. The first kappa shape index (κ1) is 15.8. The summed E-state index contributed by atoms with van der Waals surface area (Å²) in [6.45, 7) is 3.70. The summed E-state index contributed by atoms with van der Waals surface area (Å²) in [4.78, 5) is 20.2. The third kappa shape index (κ3) is 2.91. The van der Waals surface area contributed by atoms with Gasteiger partial charge in [-0.3, -0.25) is 9.78 Å². The number of hydrogen-bond donors (Lipinski definition) is 0. The number of fused-ring (bicyclic) bond motifs is 1. The summed E-state index contributed by atoms with van der Waals surface area (Å²) < 4.78 is 0. The average Bonchev–Trinajstić information content (AvgIpc) is 2.67. The first-order valence-corrected chi connectivity index (χ1v) is 9.00. The van der Waals surface area contributed by atoms with Gasteiger partial charge in [-0.25, -0.2) is 0 Å². The van der Waals surface area contributed by atoms with Crippen molar-refractivity contribution < 1.29 is 4.79 Å². The highest BCUT2D eigenvalue weighted by atomic mass is 16.2. The molecule has 2 aromatic carbocycles. The van der Waals surface area contributed by atoms with Gasteiger partial charge in [-0.15, -0.1) is 0 Å². The van der Waals surface area contributed by atoms with E-state index in [1.165, 1.54) is 6.42 Å². The fourth-order valence-corrected chi connectivity index (χ4v) is 3.77. The lowest BCUT2D eigenvalue weighted by atomic mass is 9.93. The molecule has 1 fully saturated rings. The number of aromatic nitrogens is 1. The van der Waals surface area contributed by atoms with Gasteiger partial charge < -0.3 is 4.90 Å². The van der Waals surface area contributed by atoms with Gasteiger partial charge in [-0.05, 0) is 37.8 Å². The van der Waals surface area contributed by atoms with Crippen LogP contribution in [0.15, 0.2) is 54.6 Å². The number of amides is 1. The predicted molar refractivity (Wildman–Crippen MR) is 102 cm³/mol. The van der Waals surface area contributed by atoms with Crippen molar-refractivity contribution >= 4 is 16.8 Å². The lowest BCUT2D eigenvalue weighted by Gasteiger charge is -2.28. The van der Waals surface area contributed by atoms with Crippen LogP contribution in [0.2, 0.25) is 0 Å². The van der Waals surface area contributed by atoms with E-state index in [2.05, 4.69) is 12.1 Å². The topological polar surface area (TPSA) is 33.2 Å². The first-order valence-electron chi connectivity index (χ1n) is 9.00. The molecule has 4 rings (SSSR count). The minimum atomic E-state index is 0.139. The van der Waals surface area contributed by atoms with Crippen molar-refractivity contribution in [2.75, 3.05) is 13.1 Å². The van der Waals surface area contributed by atoms with Gasteiger partial charge >= 0.3 is 0 Å². The highest BCUT2D eigenvalue weighted by Crippen LogP contribution is 2.33. The Morgan fingerprint density at radius 3 is 2.36 bits per heavy atom. The monoisotopic (exact) mass is 330 g/mol. The van der Waals surface area contributed by atoms with Crippen LogP contribution in [0.5, 0.6) is 0 Å². The van der Waals surface area contributed by atoms with E-state index in [1.54, 1.807) is 0 Å².